The van der Waals surface area contributed by atoms with Gasteiger partial charge < -0.3 is 8.83 Å². The summed E-state index contributed by atoms with van der Waals surface area (Å²) >= 11 is 0. The van der Waals surface area contributed by atoms with Crippen LogP contribution in [0, 0.1) is 0 Å². The van der Waals surface area contributed by atoms with Gasteiger partial charge in [0.1, 0.15) is 11.0 Å². The summed E-state index contributed by atoms with van der Waals surface area (Å²) in [6.45, 7) is 0. The molecule has 0 radical (unpaired) electrons. The second-order valence-corrected chi connectivity index (χ2v) is 15.3. The molecule has 13 rings (SSSR count). The largest absolute Gasteiger partial charge is 0.436 e. The van der Waals surface area contributed by atoms with Crippen LogP contribution in [0.15, 0.2) is 191 Å². The van der Waals surface area contributed by atoms with Gasteiger partial charge in [-0.1, -0.05) is 109 Å². The van der Waals surface area contributed by atoms with Gasteiger partial charge in [0, 0.05) is 33.0 Å². The molecule has 0 aliphatic heterocycles. The van der Waals surface area contributed by atoms with Crippen LogP contribution in [0.5, 0.6) is 0 Å². The smallest absolute Gasteiger partial charge is 0.238 e. The lowest BCUT2D eigenvalue weighted by atomic mass is 10.0. The van der Waals surface area contributed by atoms with Gasteiger partial charge in [-0.25, -0.2) is 15.0 Å². The molecule has 8 nitrogen and oxygen atoms in total. The molecule has 0 amide bonds. The lowest BCUT2D eigenvalue weighted by Crippen LogP contribution is -2.06. The molecule has 0 N–H and O–H groups in total. The first-order chi connectivity index (χ1) is 30.2. The van der Waals surface area contributed by atoms with Crippen LogP contribution in [0.3, 0.4) is 0 Å². The molecule has 9 aromatic carbocycles. The van der Waals surface area contributed by atoms with Crippen molar-refractivity contribution in [2.75, 3.05) is 0 Å². The highest BCUT2D eigenvalue weighted by molar-refractivity contribution is 6.21. The predicted molar refractivity (Wildman–Crippen MR) is 244 cm³/mol. The quantitative estimate of drug-likeness (QED) is 0.171. The minimum Gasteiger partial charge on any atom is -0.436 e. The number of fused-ring (bicyclic) bond motifs is 9. The van der Waals surface area contributed by atoms with Crippen LogP contribution in [0.25, 0.3) is 128 Å². The summed E-state index contributed by atoms with van der Waals surface area (Å²) in [5, 5.41) is 8.87. The molecule has 0 unspecified atom stereocenters. The van der Waals surface area contributed by atoms with E-state index in [1.807, 2.05) is 60.7 Å². The van der Waals surface area contributed by atoms with E-state index in [1.54, 1.807) is 0 Å². The number of nitrogens with zero attached hydrogens (tertiary/aromatic N) is 6. The van der Waals surface area contributed by atoms with Crippen LogP contribution in [0.4, 0.5) is 0 Å². The number of para-hydroxylation sites is 5. The van der Waals surface area contributed by atoms with Gasteiger partial charge in [0.2, 0.25) is 17.7 Å². The van der Waals surface area contributed by atoms with Crippen molar-refractivity contribution in [2.45, 2.75) is 0 Å². The van der Waals surface area contributed by atoms with E-state index in [4.69, 9.17) is 33.8 Å². The van der Waals surface area contributed by atoms with Crippen molar-refractivity contribution in [2.24, 2.45) is 0 Å². The molecule has 0 fully saturated rings. The Morgan fingerprint density at radius 2 is 0.820 bits per heavy atom. The Labute approximate surface area is 347 Å². The van der Waals surface area contributed by atoms with Gasteiger partial charge in [0.15, 0.2) is 22.8 Å². The van der Waals surface area contributed by atoms with Crippen molar-refractivity contribution in [3.63, 3.8) is 0 Å². The van der Waals surface area contributed by atoms with Gasteiger partial charge in [0.25, 0.3) is 0 Å². The third-order valence-electron chi connectivity index (χ3n) is 11.7. The lowest BCUT2D eigenvalue weighted by Gasteiger charge is -2.12. The van der Waals surface area contributed by atoms with Crippen molar-refractivity contribution in [1.29, 1.82) is 0 Å². The maximum absolute atomic E-state index is 6.10. The van der Waals surface area contributed by atoms with Crippen molar-refractivity contribution >= 4 is 76.3 Å². The summed E-state index contributed by atoms with van der Waals surface area (Å²) in [6.07, 6.45) is 0. The summed E-state index contributed by atoms with van der Waals surface area (Å²) in [7, 11) is 0. The standard InChI is InChI=1S/C53H30N6O2/c1-2-10-40-31(9-1)25-26-45-48(40)41-11-3-6-14-44(41)59(45)53-57-49(36-21-17-34-29-38(23-19-32(34)27-36)51-54-42-12-4-7-15-46(42)60-51)56-50(58-53)37-22-18-35-30-39(24-20-33(35)28-37)52-55-43-13-5-8-16-47(43)61-52/h1-30H. The van der Waals surface area contributed by atoms with Crippen LogP contribution < -0.4 is 0 Å². The first-order valence-corrected chi connectivity index (χ1v) is 20.1. The number of aromatic nitrogens is 6. The molecular weight excluding hydrogens is 753 g/mol. The number of benzene rings is 9. The number of rotatable bonds is 5. The third kappa shape index (κ3) is 5.43. The minimum atomic E-state index is 0.541. The molecule has 8 heteroatoms. The van der Waals surface area contributed by atoms with Crippen LogP contribution in [-0.2, 0) is 0 Å². The van der Waals surface area contributed by atoms with E-state index in [0.29, 0.717) is 29.4 Å². The Morgan fingerprint density at radius 1 is 0.344 bits per heavy atom. The van der Waals surface area contributed by atoms with Crippen LogP contribution in [-0.4, -0.2) is 29.5 Å². The number of oxazole rings is 2. The summed E-state index contributed by atoms with van der Waals surface area (Å²) in [5.74, 6) is 2.87. The Bertz CT molecular complexity index is 3670. The minimum absolute atomic E-state index is 0.541. The zero-order valence-corrected chi connectivity index (χ0v) is 32.3. The summed E-state index contributed by atoms with van der Waals surface area (Å²) < 4.78 is 14.4. The fourth-order valence-corrected chi connectivity index (χ4v) is 8.70. The molecule has 0 saturated carbocycles. The lowest BCUT2D eigenvalue weighted by molar-refractivity contribution is 0.619. The van der Waals surface area contributed by atoms with Crippen molar-refractivity contribution in [1.82, 2.24) is 29.5 Å². The van der Waals surface area contributed by atoms with Gasteiger partial charge in [-0.15, -0.1) is 0 Å². The van der Waals surface area contributed by atoms with Crippen LogP contribution >= 0.6 is 0 Å². The van der Waals surface area contributed by atoms with Crippen molar-refractivity contribution in [3.8, 4) is 51.6 Å². The maximum Gasteiger partial charge on any atom is 0.238 e. The van der Waals surface area contributed by atoms with E-state index in [-0.39, 0.29) is 0 Å². The second kappa shape index (κ2) is 13.0. The van der Waals surface area contributed by atoms with Crippen molar-refractivity contribution in [3.05, 3.63) is 182 Å². The van der Waals surface area contributed by atoms with Gasteiger partial charge in [-0.05, 0) is 105 Å². The maximum atomic E-state index is 6.10. The summed E-state index contributed by atoms with van der Waals surface area (Å²) in [6, 6.07) is 62.2. The molecule has 0 saturated heterocycles. The first kappa shape index (κ1) is 33.5. The average Bonchev–Trinajstić information content (AvgIpc) is 4.05. The molecule has 284 valence electrons. The van der Waals surface area contributed by atoms with Gasteiger partial charge in [-0.3, -0.25) is 4.57 Å². The zero-order valence-electron chi connectivity index (χ0n) is 32.3. The Morgan fingerprint density at radius 3 is 1.41 bits per heavy atom. The summed E-state index contributed by atoms with van der Waals surface area (Å²) in [5.41, 5.74) is 8.83. The summed E-state index contributed by atoms with van der Waals surface area (Å²) in [4.78, 5) is 25.2. The molecule has 4 heterocycles. The van der Waals surface area contributed by atoms with E-state index < -0.39 is 0 Å². The average molecular weight is 783 g/mol. The van der Waals surface area contributed by atoms with Gasteiger partial charge in [-0.2, -0.15) is 9.97 Å². The molecule has 61 heavy (non-hydrogen) atoms. The highest BCUT2D eigenvalue weighted by Crippen LogP contribution is 2.38. The van der Waals surface area contributed by atoms with Gasteiger partial charge in [0.05, 0.1) is 11.0 Å². The van der Waals surface area contributed by atoms with E-state index in [9.17, 15) is 0 Å². The monoisotopic (exact) mass is 782 g/mol. The fourth-order valence-electron chi connectivity index (χ4n) is 8.70. The molecule has 4 aromatic heterocycles. The Balaban J connectivity index is 0.977. The molecule has 0 aliphatic rings. The van der Waals surface area contributed by atoms with Crippen molar-refractivity contribution < 1.29 is 8.83 Å². The topological polar surface area (TPSA) is 95.7 Å². The highest BCUT2D eigenvalue weighted by atomic mass is 16.4. The van der Waals surface area contributed by atoms with Gasteiger partial charge >= 0.3 is 0 Å². The fraction of sp³-hybridized carbons (Fsp3) is 0. The Hall–Kier alpha value is -8.49. The van der Waals surface area contributed by atoms with Crippen LogP contribution in [0.2, 0.25) is 0 Å². The van der Waals surface area contributed by atoms with E-state index in [1.165, 1.54) is 10.8 Å². The Kier molecular flexibility index (Phi) is 7.14. The molecule has 0 aliphatic carbocycles. The molecule has 0 atom stereocenters. The second-order valence-electron chi connectivity index (χ2n) is 15.3. The van der Waals surface area contributed by atoms with E-state index >= 15 is 0 Å². The molecular formula is C53H30N6O2. The molecule has 0 spiro atoms. The number of hydrogen-bond acceptors (Lipinski definition) is 7. The first-order valence-electron chi connectivity index (χ1n) is 20.1. The van der Waals surface area contributed by atoms with Crippen LogP contribution in [0.1, 0.15) is 0 Å². The van der Waals surface area contributed by atoms with E-state index in [0.717, 1.165) is 87.8 Å². The third-order valence-corrected chi connectivity index (χ3v) is 11.7. The zero-order chi connectivity index (χ0) is 40.0. The predicted octanol–water partition coefficient (Wildman–Crippen LogP) is 13.4. The molecule has 0 bridgehead atoms. The molecule has 13 aromatic rings. The SMILES string of the molecule is c1ccc2c(c1)ccc1c2c2ccccc2n1-c1nc(-c2ccc3cc(-c4nc5ccccc5o4)ccc3c2)nc(-c2ccc3cc(-c4nc5ccccc5o4)ccc3c2)n1. The van der Waals surface area contributed by atoms with E-state index in [2.05, 4.69) is 126 Å². The number of hydrogen-bond donors (Lipinski definition) is 0. The normalized spacial score (nSPS) is 11.9. The highest BCUT2D eigenvalue weighted by Gasteiger charge is 2.20.